The summed E-state index contributed by atoms with van der Waals surface area (Å²) >= 11 is 0. The van der Waals surface area contributed by atoms with Gasteiger partial charge in [-0.05, 0) is 35.9 Å². The van der Waals surface area contributed by atoms with Crippen LogP contribution in [0.1, 0.15) is 27.5 Å². The maximum atomic E-state index is 13.3. The van der Waals surface area contributed by atoms with Crippen molar-refractivity contribution in [3.05, 3.63) is 107 Å². The van der Waals surface area contributed by atoms with Crippen molar-refractivity contribution in [1.82, 2.24) is 4.98 Å². The summed E-state index contributed by atoms with van der Waals surface area (Å²) in [7, 11) is 1.29. The molecule has 1 saturated heterocycles. The topological polar surface area (TPSA) is 99.7 Å². The molecular weight excluding hydrogens is 432 g/mol. The standard InChI is InChI=1S/C27H20N2O5/c1-34-27(33)17-11-13-18(14-12-17)29-23(16-7-3-2-4-8-16)22(25(31)26(29)32)24(30)20-15-28-21-10-6-5-9-19(20)21/h2-15,23,28,30H,1H3/b24-22-. The molecule has 5 rings (SSSR count). The van der Waals surface area contributed by atoms with Gasteiger partial charge >= 0.3 is 5.97 Å². The van der Waals surface area contributed by atoms with Crippen LogP contribution in [-0.4, -0.2) is 34.9 Å². The van der Waals surface area contributed by atoms with Gasteiger partial charge in [0, 0.05) is 28.4 Å². The highest BCUT2D eigenvalue weighted by Crippen LogP contribution is 2.42. The largest absolute Gasteiger partial charge is 0.507 e. The van der Waals surface area contributed by atoms with Gasteiger partial charge in [0.1, 0.15) is 5.76 Å². The summed E-state index contributed by atoms with van der Waals surface area (Å²) in [5.41, 5.74) is 2.64. The third kappa shape index (κ3) is 3.34. The van der Waals surface area contributed by atoms with E-state index in [0.29, 0.717) is 22.4 Å². The maximum absolute atomic E-state index is 13.3. The summed E-state index contributed by atoms with van der Waals surface area (Å²) in [5, 5.41) is 12.1. The Kier molecular flexibility index (Phi) is 5.22. The molecule has 7 nitrogen and oxygen atoms in total. The summed E-state index contributed by atoms with van der Waals surface area (Å²) in [4.78, 5) is 42.8. The summed E-state index contributed by atoms with van der Waals surface area (Å²) < 4.78 is 4.74. The van der Waals surface area contributed by atoms with Crippen molar-refractivity contribution in [2.45, 2.75) is 6.04 Å². The van der Waals surface area contributed by atoms with Crippen molar-refractivity contribution in [3.8, 4) is 0 Å². The molecule has 0 bridgehead atoms. The van der Waals surface area contributed by atoms with Crippen LogP contribution in [0.2, 0.25) is 0 Å². The number of rotatable bonds is 4. The minimum Gasteiger partial charge on any atom is -0.507 e. The van der Waals surface area contributed by atoms with E-state index in [4.69, 9.17) is 4.74 Å². The lowest BCUT2D eigenvalue weighted by Gasteiger charge is -2.25. The number of amides is 1. The summed E-state index contributed by atoms with van der Waals surface area (Å²) in [5.74, 6) is -2.30. The number of Topliss-reactive ketones (excluding diaryl/α,β-unsaturated/α-hetero) is 1. The minimum atomic E-state index is -0.848. The number of carbonyl (C=O) groups excluding carboxylic acids is 3. The SMILES string of the molecule is COC(=O)c1ccc(N2C(=O)C(=O)/C(=C(\O)c3c[nH]c4ccccc34)C2c2ccccc2)cc1. The number of H-pyrrole nitrogens is 1. The van der Waals surface area contributed by atoms with E-state index in [1.165, 1.54) is 24.1 Å². The molecule has 1 aliphatic rings. The van der Waals surface area contributed by atoms with Crippen LogP contribution in [0.25, 0.3) is 16.7 Å². The van der Waals surface area contributed by atoms with E-state index < -0.39 is 23.7 Å². The van der Waals surface area contributed by atoms with Crippen LogP contribution in [0.5, 0.6) is 0 Å². The van der Waals surface area contributed by atoms with Crippen molar-refractivity contribution in [3.63, 3.8) is 0 Å². The molecule has 1 atom stereocenters. The molecule has 7 heteroatoms. The van der Waals surface area contributed by atoms with Gasteiger partial charge in [0.05, 0.1) is 24.3 Å². The van der Waals surface area contributed by atoms with Gasteiger partial charge in [-0.1, -0.05) is 48.5 Å². The number of methoxy groups -OCH3 is 1. The van der Waals surface area contributed by atoms with E-state index >= 15 is 0 Å². The number of aromatic amines is 1. The molecule has 0 saturated carbocycles. The number of anilines is 1. The van der Waals surface area contributed by atoms with Crippen LogP contribution >= 0.6 is 0 Å². The number of fused-ring (bicyclic) bond motifs is 1. The smallest absolute Gasteiger partial charge is 0.337 e. The Labute approximate surface area is 194 Å². The molecule has 1 aliphatic heterocycles. The van der Waals surface area contributed by atoms with E-state index in [9.17, 15) is 19.5 Å². The summed E-state index contributed by atoms with van der Waals surface area (Å²) in [6.45, 7) is 0. The molecule has 2 heterocycles. The number of aliphatic hydroxyl groups is 1. The van der Waals surface area contributed by atoms with E-state index in [0.717, 1.165) is 10.9 Å². The molecule has 0 aliphatic carbocycles. The van der Waals surface area contributed by atoms with Crippen molar-refractivity contribution in [2.75, 3.05) is 12.0 Å². The third-order valence-electron chi connectivity index (χ3n) is 5.97. The second-order valence-electron chi connectivity index (χ2n) is 7.87. The zero-order chi connectivity index (χ0) is 23.8. The van der Waals surface area contributed by atoms with Gasteiger partial charge in [-0.2, -0.15) is 0 Å². The number of ether oxygens (including phenoxy) is 1. The summed E-state index contributed by atoms with van der Waals surface area (Å²) in [6, 6.07) is 21.8. The van der Waals surface area contributed by atoms with Gasteiger partial charge in [-0.25, -0.2) is 4.79 Å². The molecule has 1 unspecified atom stereocenters. The number of aliphatic hydroxyl groups excluding tert-OH is 1. The molecule has 1 fully saturated rings. The lowest BCUT2D eigenvalue weighted by Crippen LogP contribution is -2.29. The number of para-hydroxylation sites is 1. The fraction of sp³-hybridized carbons (Fsp3) is 0.0741. The van der Waals surface area contributed by atoms with Crippen LogP contribution in [0.3, 0.4) is 0 Å². The normalized spacial score (nSPS) is 17.3. The number of carbonyl (C=O) groups is 3. The Balaban J connectivity index is 1.69. The highest BCUT2D eigenvalue weighted by atomic mass is 16.5. The quantitative estimate of drug-likeness (QED) is 0.204. The van der Waals surface area contributed by atoms with Crippen LogP contribution in [0.15, 0.2) is 90.6 Å². The first-order valence-corrected chi connectivity index (χ1v) is 10.6. The lowest BCUT2D eigenvalue weighted by atomic mass is 9.95. The zero-order valence-corrected chi connectivity index (χ0v) is 18.2. The van der Waals surface area contributed by atoms with E-state index in [1.54, 1.807) is 30.5 Å². The first kappa shape index (κ1) is 21.2. The van der Waals surface area contributed by atoms with Crippen molar-refractivity contribution in [1.29, 1.82) is 0 Å². The molecule has 1 amide bonds. The second kappa shape index (κ2) is 8.37. The van der Waals surface area contributed by atoms with Crippen LogP contribution in [0.4, 0.5) is 5.69 Å². The number of benzene rings is 3. The van der Waals surface area contributed by atoms with E-state index in [-0.39, 0.29) is 11.3 Å². The molecule has 0 radical (unpaired) electrons. The molecule has 168 valence electrons. The Bertz CT molecular complexity index is 1450. The Morgan fingerprint density at radius 2 is 1.62 bits per heavy atom. The second-order valence-corrected chi connectivity index (χ2v) is 7.87. The fourth-order valence-corrected chi connectivity index (χ4v) is 4.34. The highest BCUT2D eigenvalue weighted by Gasteiger charge is 2.47. The van der Waals surface area contributed by atoms with Gasteiger partial charge in [-0.3, -0.25) is 14.5 Å². The molecule has 2 N–H and O–H groups in total. The molecule has 1 aromatic heterocycles. The molecule has 3 aromatic carbocycles. The molecular formula is C27H20N2O5. The van der Waals surface area contributed by atoms with Gasteiger partial charge in [0.2, 0.25) is 0 Å². The molecule has 0 spiro atoms. The number of esters is 1. The predicted molar refractivity (Wildman–Crippen MR) is 127 cm³/mol. The monoisotopic (exact) mass is 452 g/mol. The number of hydrogen-bond acceptors (Lipinski definition) is 5. The Morgan fingerprint density at radius 3 is 2.32 bits per heavy atom. The average molecular weight is 452 g/mol. The average Bonchev–Trinajstić information content (AvgIpc) is 3.43. The van der Waals surface area contributed by atoms with Crippen LogP contribution in [0, 0.1) is 0 Å². The highest BCUT2D eigenvalue weighted by molar-refractivity contribution is 6.51. The number of aromatic nitrogens is 1. The van der Waals surface area contributed by atoms with E-state index in [2.05, 4.69) is 4.98 Å². The number of nitrogens with one attached hydrogen (secondary N) is 1. The zero-order valence-electron chi connectivity index (χ0n) is 18.2. The van der Waals surface area contributed by atoms with Gasteiger partial charge in [0.25, 0.3) is 11.7 Å². The van der Waals surface area contributed by atoms with Crippen LogP contribution < -0.4 is 4.90 Å². The lowest BCUT2D eigenvalue weighted by molar-refractivity contribution is -0.132. The van der Waals surface area contributed by atoms with Gasteiger partial charge in [-0.15, -0.1) is 0 Å². The maximum Gasteiger partial charge on any atom is 0.337 e. The van der Waals surface area contributed by atoms with Gasteiger partial charge < -0.3 is 14.8 Å². The number of ketones is 1. The first-order valence-electron chi connectivity index (χ1n) is 10.6. The third-order valence-corrected chi connectivity index (χ3v) is 5.97. The van der Waals surface area contributed by atoms with Crippen molar-refractivity contribution in [2.24, 2.45) is 0 Å². The molecule has 4 aromatic rings. The van der Waals surface area contributed by atoms with Crippen LogP contribution in [-0.2, 0) is 14.3 Å². The Hall–Kier alpha value is -4.65. The van der Waals surface area contributed by atoms with Gasteiger partial charge in [0.15, 0.2) is 0 Å². The first-order chi connectivity index (χ1) is 16.5. The minimum absolute atomic E-state index is 0.00185. The number of nitrogens with zero attached hydrogens (tertiary/aromatic N) is 1. The number of hydrogen-bond donors (Lipinski definition) is 2. The summed E-state index contributed by atoms with van der Waals surface area (Å²) in [6.07, 6.45) is 1.63. The van der Waals surface area contributed by atoms with E-state index in [1.807, 2.05) is 42.5 Å². The van der Waals surface area contributed by atoms with Crippen molar-refractivity contribution < 1.29 is 24.2 Å². The van der Waals surface area contributed by atoms with Crippen molar-refractivity contribution >= 4 is 40.0 Å². The molecule has 34 heavy (non-hydrogen) atoms. The predicted octanol–water partition coefficient (Wildman–Crippen LogP) is 4.58. The fourth-order valence-electron chi connectivity index (χ4n) is 4.34. The Morgan fingerprint density at radius 1 is 0.941 bits per heavy atom.